The number of nitrogens with one attached hydrogen (secondary N) is 1. The number of nitrogens with zero attached hydrogens (tertiary/aromatic N) is 2. The lowest BCUT2D eigenvalue weighted by Gasteiger charge is -2.05. The molecule has 2 aromatic rings. The van der Waals surface area contributed by atoms with Gasteiger partial charge in [0.2, 0.25) is 11.8 Å². The summed E-state index contributed by atoms with van der Waals surface area (Å²) in [4.78, 5) is 0. The maximum Gasteiger partial charge on any atom is 0.247 e. The van der Waals surface area contributed by atoms with E-state index in [4.69, 9.17) is 9.15 Å². The van der Waals surface area contributed by atoms with Crippen molar-refractivity contribution < 1.29 is 9.15 Å². The molecule has 2 rings (SSSR count). The fraction of sp³-hybridized carbons (Fsp3) is 0.467. The lowest BCUT2D eigenvalue weighted by molar-refractivity contribution is 0.309. The zero-order valence-corrected chi connectivity index (χ0v) is 12.1. The quantitative estimate of drug-likeness (QED) is 0.750. The van der Waals surface area contributed by atoms with Crippen LogP contribution in [-0.2, 0) is 6.42 Å². The minimum Gasteiger partial charge on any atom is -0.494 e. The molecule has 0 saturated heterocycles. The lowest BCUT2D eigenvalue weighted by Crippen LogP contribution is -2.10. The summed E-state index contributed by atoms with van der Waals surface area (Å²) in [5, 5.41) is 11.1. The minimum atomic E-state index is 0.552. The van der Waals surface area contributed by atoms with E-state index >= 15 is 0 Å². The van der Waals surface area contributed by atoms with E-state index in [-0.39, 0.29) is 0 Å². The van der Waals surface area contributed by atoms with Crippen LogP contribution in [0.3, 0.4) is 0 Å². The standard InChI is InChI=1S/C15H21N3O2/c1-3-4-11-19-13-7-5-12(6-8-13)15-18-17-14(20-15)9-10-16-2/h5-8,16H,3-4,9-11H2,1-2H3. The number of benzene rings is 1. The van der Waals surface area contributed by atoms with E-state index in [9.17, 15) is 0 Å². The second-order valence-corrected chi connectivity index (χ2v) is 4.58. The maximum absolute atomic E-state index is 5.62. The van der Waals surface area contributed by atoms with Crippen LogP contribution in [0.2, 0.25) is 0 Å². The van der Waals surface area contributed by atoms with E-state index < -0.39 is 0 Å². The van der Waals surface area contributed by atoms with Crippen LogP contribution in [0.5, 0.6) is 5.75 Å². The highest BCUT2D eigenvalue weighted by molar-refractivity contribution is 5.53. The largest absolute Gasteiger partial charge is 0.494 e. The third kappa shape index (κ3) is 4.06. The van der Waals surface area contributed by atoms with Gasteiger partial charge in [-0.05, 0) is 37.7 Å². The van der Waals surface area contributed by atoms with E-state index in [1.54, 1.807) is 0 Å². The zero-order valence-electron chi connectivity index (χ0n) is 12.1. The Labute approximate surface area is 119 Å². The van der Waals surface area contributed by atoms with Gasteiger partial charge in [-0.1, -0.05) is 13.3 Å². The summed E-state index contributed by atoms with van der Waals surface area (Å²) in [6.45, 7) is 3.73. The van der Waals surface area contributed by atoms with Gasteiger partial charge in [-0.2, -0.15) is 0 Å². The fourth-order valence-electron chi connectivity index (χ4n) is 1.73. The molecule has 0 spiro atoms. The van der Waals surface area contributed by atoms with Gasteiger partial charge < -0.3 is 14.5 Å². The highest BCUT2D eigenvalue weighted by Gasteiger charge is 2.08. The van der Waals surface area contributed by atoms with Crippen molar-refractivity contribution >= 4 is 0 Å². The van der Waals surface area contributed by atoms with E-state index in [2.05, 4.69) is 22.4 Å². The Morgan fingerprint density at radius 2 is 2.00 bits per heavy atom. The molecule has 0 aliphatic carbocycles. The molecule has 0 bridgehead atoms. The summed E-state index contributed by atoms with van der Waals surface area (Å²) in [6.07, 6.45) is 2.94. The van der Waals surface area contributed by atoms with Crippen LogP contribution in [-0.4, -0.2) is 30.4 Å². The van der Waals surface area contributed by atoms with Crippen molar-refractivity contribution in [1.29, 1.82) is 0 Å². The first kappa shape index (κ1) is 14.5. The molecular formula is C15H21N3O2. The normalized spacial score (nSPS) is 10.7. The van der Waals surface area contributed by atoms with Gasteiger partial charge in [0.15, 0.2) is 0 Å². The topological polar surface area (TPSA) is 60.2 Å². The van der Waals surface area contributed by atoms with Gasteiger partial charge in [0, 0.05) is 18.5 Å². The Morgan fingerprint density at radius 1 is 1.20 bits per heavy atom. The van der Waals surface area contributed by atoms with Gasteiger partial charge >= 0.3 is 0 Å². The van der Waals surface area contributed by atoms with Crippen LogP contribution in [0.4, 0.5) is 0 Å². The number of rotatable bonds is 8. The Kier molecular flexibility index (Phi) is 5.55. The molecule has 1 aromatic carbocycles. The molecule has 0 saturated carbocycles. The molecule has 0 aliphatic rings. The van der Waals surface area contributed by atoms with Crippen LogP contribution < -0.4 is 10.1 Å². The van der Waals surface area contributed by atoms with E-state index in [1.165, 1.54) is 0 Å². The predicted molar refractivity (Wildman–Crippen MR) is 77.8 cm³/mol. The number of hydrogen-bond acceptors (Lipinski definition) is 5. The molecule has 0 amide bonds. The van der Waals surface area contributed by atoms with Crippen molar-refractivity contribution in [2.75, 3.05) is 20.2 Å². The smallest absolute Gasteiger partial charge is 0.247 e. The minimum absolute atomic E-state index is 0.552. The van der Waals surface area contributed by atoms with Gasteiger partial charge in [-0.3, -0.25) is 0 Å². The maximum atomic E-state index is 5.62. The number of ether oxygens (including phenoxy) is 1. The summed E-state index contributed by atoms with van der Waals surface area (Å²) in [6, 6.07) is 7.75. The van der Waals surface area contributed by atoms with Crippen LogP contribution in [0.25, 0.3) is 11.5 Å². The molecule has 0 atom stereocenters. The number of likely N-dealkylation sites (N-methyl/N-ethyl adjacent to an activating group) is 1. The molecule has 0 radical (unpaired) electrons. The van der Waals surface area contributed by atoms with Crippen molar-refractivity contribution in [3.8, 4) is 17.2 Å². The molecule has 1 heterocycles. The van der Waals surface area contributed by atoms with Gasteiger partial charge in [0.05, 0.1) is 6.61 Å². The Balaban J connectivity index is 1.96. The van der Waals surface area contributed by atoms with Crippen molar-refractivity contribution in [2.45, 2.75) is 26.2 Å². The molecule has 5 heteroatoms. The van der Waals surface area contributed by atoms with Crippen molar-refractivity contribution in [3.05, 3.63) is 30.2 Å². The van der Waals surface area contributed by atoms with Crippen LogP contribution in [0, 0.1) is 0 Å². The second-order valence-electron chi connectivity index (χ2n) is 4.58. The van der Waals surface area contributed by atoms with Crippen LogP contribution in [0.1, 0.15) is 25.7 Å². The lowest BCUT2D eigenvalue weighted by atomic mass is 10.2. The highest BCUT2D eigenvalue weighted by Crippen LogP contribution is 2.21. The molecule has 1 aromatic heterocycles. The zero-order chi connectivity index (χ0) is 14.2. The summed E-state index contributed by atoms with van der Waals surface area (Å²) in [7, 11) is 1.90. The summed E-state index contributed by atoms with van der Waals surface area (Å²) < 4.78 is 11.2. The monoisotopic (exact) mass is 275 g/mol. The average Bonchev–Trinajstić information content (AvgIpc) is 2.95. The van der Waals surface area contributed by atoms with Gasteiger partial charge in [-0.25, -0.2) is 0 Å². The molecule has 20 heavy (non-hydrogen) atoms. The molecular weight excluding hydrogens is 254 g/mol. The van der Waals surface area contributed by atoms with Crippen molar-refractivity contribution in [2.24, 2.45) is 0 Å². The van der Waals surface area contributed by atoms with E-state index in [0.717, 1.165) is 43.7 Å². The summed E-state index contributed by atoms with van der Waals surface area (Å²) in [5.74, 6) is 2.07. The van der Waals surface area contributed by atoms with Gasteiger partial charge in [-0.15, -0.1) is 10.2 Å². The predicted octanol–water partition coefficient (Wildman–Crippen LogP) is 2.68. The highest BCUT2D eigenvalue weighted by atomic mass is 16.5. The Hall–Kier alpha value is -1.88. The molecule has 0 aliphatic heterocycles. The number of hydrogen-bond donors (Lipinski definition) is 1. The SMILES string of the molecule is CCCCOc1ccc(-c2nnc(CCNC)o2)cc1. The number of unbranched alkanes of at least 4 members (excludes halogenated alkanes) is 1. The third-order valence-corrected chi connectivity index (χ3v) is 2.92. The van der Waals surface area contributed by atoms with Crippen molar-refractivity contribution in [3.63, 3.8) is 0 Å². The van der Waals surface area contributed by atoms with Gasteiger partial charge in [0.25, 0.3) is 0 Å². The van der Waals surface area contributed by atoms with E-state index in [0.29, 0.717) is 11.8 Å². The summed E-state index contributed by atoms with van der Waals surface area (Å²) in [5.41, 5.74) is 0.913. The molecule has 0 fully saturated rings. The first-order valence-corrected chi connectivity index (χ1v) is 7.03. The van der Waals surface area contributed by atoms with Gasteiger partial charge in [0.1, 0.15) is 5.75 Å². The summed E-state index contributed by atoms with van der Waals surface area (Å²) >= 11 is 0. The van der Waals surface area contributed by atoms with Crippen molar-refractivity contribution in [1.82, 2.24) is 15.5 Å². The first-order valence-electron chi connectivity index (χ1n) is 7.03. The number of aromatic nitrogens is 2. The first-order chi connectivity index (χ1) is 9.83. The van der Waals surface area contributed by atoms with E-state index in [1.807, 2.05) is 31.3 Å². The second kappa shape index (κ2) is 7.65. The molecule has 0 unspecified atom stereocenters. The molecule has 1 N–H and O–H groups in total. The average molecular weight is 275 g/mol. The Morgan fingerprint density at radius 3 is 2.70 bits per heavy atom. The van der Waals surface area contributed by atoms with Crippen LogP contribution in [0.15, 0.2) is 28.7 Å². The Bertz CT molecular complexity index is 508. The third-order valence-electron chi connectivity index (χ3n) is 2.92. The molecule has 108 valence electrons. The van der Waals surface area contributed by atoms with Crippen LogP contribution >= 0.6 is 0 Å². The fourth-order valence-corrected chi connectivity index (χ4v) is 1.73. The molecule has 5 nitrogen and oxygen atoms in total.